The number of ether oxygens (including phenoxy) is 3. The summed E-state index contributed by atoms with van der Waals surface area (Å²) in [6, 6.07) is 14.0. The number of phenolic OH excluding ortho intramolecular Hbond substituents is 1. The van der Waals surface area contributed by atoms with Crippen LogP contribution in [0.2, 0.25) is 0 Å². The SMILES string of the molecule is COc1cc(OC)c(/C(C)=N\NC(=O)c2cc3ccccc3cc2O)c(OC)c1. The molecule has 0 saturated heterocycles. The molecule has 7 heteroatoms. The zero-order chi connectivity index (χ0) is 21.0. The summed E-state index contributed by atoms with van der Waals surface area (Å²) in [5.41, 5.74) is 3.66. The summed E-state index contributed by atoms with van der Waals surface area (Å²) in [7, 11) is 4.60. The number of hydrazone groups is 1. The predicted octanol–water partition coefficient (Wildman–Crippen LogP) is 3.73. The van der Waals surface area contributed by atoms with Crippen LogP contribution in [0.4, 0.5) is 0 Å². The molecule has 0 aliphatic rings. The molecule has 0 heterocycles. The van der Waals surface area contributed by atoms with Crippen LogP contribution in [0.3, 0.4) is 0 Å². The van der Waals surface area contributed by atoms with Crippen LogP contribution in [-0.2, 0) is 0 Å². The molecule has 29 heavy (non-hydrogen) atoms. The molecule has 7 nitrogen and oxygen atoms in total. The Balaban J connectivity index is 1.92. The first kappa shape index (κ1) is 20.0. The molecule has 0 bridgehead atoms. The Bertz CT molecular complexity index is 1070. The number of fused-ring (bicyclic) bond motifs is 1. The van der Waals surface area contributed by atoms with E-state index in [1.54, 1.807) is 38.3 Å². The van der Waals surface area contributed by atoms with Crippen molar-refractivity contribution in [2.75, 3.05) is 21.3 Å². The highest BCUT2D eigenvalue weighted by atomic mass is 16.5. The fourth-order valence-electron chi connectivity index (χ4n) is 3.02. The van der Waals surface area contributed by atoms with Gasteiger partial charge in [-0.2, -0.15) is 5.10 Å². The summed E-state index contributed by atoms with van der Waals surface area (Å²) >= 11 is 0. The molecule has 2 N–H and O–H groups in total. The van der Waals surface area contributed by atoms with Gasteiger partial charge in [-0.1, -0.05) is 24.3 Å². The minimum absolute atomic E-state index is 0.117. The molecular formula is C22H22N2O5. The number of aromatic hydroxyl groups is 1. The Morgan fingerprint density at radius 1 is 0.931 bits per heavy atom. The predicted molar refractivity (Wildman–Crippen MR) is 111 cm³/mol. The molecule has 3 aromatic rings. The van der Waals surface area contributed by atoms with Crippen molar-refractivity contribution in [3.05, 3.63) is 59.7 Å². The second-order valence-electron chi connectivity index (χ2n) is 6.26. The number of carbonyl (C=O) groups excluding carboxylic acids is 1. The topological polar surface area (TPSA) is 89.4 Å². The highest BCUT2D eigenvalue weighted by Gasteiger charge is 2.17. The van der Waals surface area contributed by atoms with Gasteiger partial charge in [-0.25, -0.2) is 5.43 Å². The van der Waals surface area contributed by atoms with Gasteiger partial charge in [0, 0.05) is 12.1 Å². The van der Waals surface area contributed by atoms with Crippen molar-refractivity contribution in [2.24, 2.45) is 5.10 Å². The summed E-state index contributed by atoms with van der Waals surface area (Å²) in [5.74, 6) is 0.906. The van der Waals surface area contributed by atoms with Crippen LogP contribution in [0, 0.1) is 0 Å². The number of rotatable bonds is 6. The van der Waals surface area contributed by atoms with Crippen molar-refractivity contribution in [3.63, 3.8) is 0 Å². The van der Waals surface area contributed by atoms with Crippen molar-refractivity contribution in [2.45, 2.75) is 6.92 Å². The van der Waals surface area contributed by atoms with Gasteiger partial charge in [-0.05, 0) is 29.8 Å². The van der Waals surface area contributed by atoms with E-state index in [1.807, 2.05) is 24.3 Å². The molecule has 0 spiro atoms. The maximum atomic E-state index is 12.6. The monoisotopic (exact) mass is 394 g/mol. The summed E-state index contributed by atoms with van der Waals surface area (Å²) in [5, 5.41) is 16.1. The Kier molecular flexibility index (Phi) is 5.87. The molecule has 1 amide bonds. The molecule has 150 valence electrons. The number of amides is 1. The molecule has 0 unspecified atom stereocenters. The summed E-state index contributed by atoms with van der Waals surface area (Å²) in [6.45, 7) is 1.72. The first-order valence-electron chi connectivity index (χ1n) is 8.85. The van der Waals surface area contributed by atoms with Gasteiger partial charge in [0.2, 0.25) is 0 Å². The van der Waals surface area contributed by atoms with Crippen LogP contribution < -0.4 is 19.6 Å². The van der Waals surface area contributed by atoms with Gasteiger partial charge >= 0.3 is 0 Å². The van der Waals surface area contributed by atoms with E-state index in [2.05, 4.69) is 10.5 Å². The van der Waals surface area contributed by atoms with Crippen LogP contribution in [0.25, 0.3) is 10.8 Å². The lowest BCUT2D eigenvalue weighted by Crippen LogP contribution is -2.20. The molecule has 0 fully saturated rings. The smallest absolute Gasteiger partial charge is 0.275 e. The lowest BCUT2D eigenvalue weighted by molar-refractivity contribution is 0.0952. The van der Waals surface area contributed by atoms with E-state index in [-0.39, 0.29) is 11.3 Å². The molecule has 0 aromatic heterocycles. The zero-order valence-corrected chi connectivity index (χ0v) is 16.6. The fourth-order valence-corrected chi connectivity index (χ4v) is 3.02. The summed E-state index contributed by atoms with van der Waals surface area (Å²) in [6.07, 6.45) is 0. The quantitative estimate of drug-likeness (QED) is 0.491. The molecule has 3 aromatic carbocycles. The van der Waals surface area contributed by atoms with Gasteiger partial charge in [-0.3, -0.25) is 4.79 Å². The number of benzene rings is 3. The van der Waals surface area contributed by atoms with Crippen molar-refractivity contribution >= 4 is 22.4 Å². The minimum Gasteiger partial charge on any atom is -0.507 e. The van der Waals surface area contributed by atoms with E-state index in [0.29, 0.717) is 28.5 Å². The summed E-state index contributed by atoms with van der Waals surface area (Å²) < 4.78 is 16.1. The van der Waals surface area contributed by atoms with Crippen LogP contribution in [0.1, 0.15) is 22.8 Å². The van der Waals surface area contributed by atoms with Crippen LogP contribution in [-0.4, -0.2) is 38.1 Å². The van der Waals surface area contributed by atoms with E-state index in [9.17, 15) is 9.90 Å². The van der Waals surface area contributed by atoms with E-state index < -0.39 is 5.91 Å². The van der Waals surface area contributed by atoms with E-state index in [0.717, 1.165) is 10.8 Å². The van der Waals surface area contributed by atoms with Crippen molar-refractivity contribution in [1.82, 2.24) is 5.43 Å². The van der Waals surface area contributed by atoms with Gasteiger partial charge in [0.05, 0.1) is 38.2 Å². The Hall–Kier alpha value is -3.74. The zero-order valence-electron chi connectivity index (χ0n) is 16.6. The fraction of sp³-hybridized carbons (Fsp3) is 0.182. The van der Waals surface area contributed by atoms with Crippen molar-refractivity contribution < 1.29 is 24.1 Å². The Labute approximate surface area is 168 Å². The van der Waals surface area contributed by atoms with E-state index in [4.69, 9.17) is 14.2 Å². The van der Waals surface area contributed by atoms with Crippen molar-refractivity contribution in [3.8, 4) is 23.0 Å². The second-order valence-corrected chi connectivity index (χ2v) is 6.26. The minimum atomic E-state index is -0.529. The highest BCUT2D eigenvalue weighted by molar-refractivity contribution is 6.06. The normalized spacial score (nSPS) is 11.2. The number of nitrogens with one attached hydrogen (secondary N) is 1. The maximum absolute atomic E-state index is 12.6. The lowest BCUT2D eigenvalue weighted by atomic mass is 10.1. The molecule has 0 saturated carbocycles. The third kappa shape index (κ3) is 4.08. The van der Waals surface area contributed by atoms with Crippen molar-refractivity contribution in [1.29, 1.82) is 0 Å². The number of nitrogens with zero attached hydrogens (tertiary/aromatic N) is 1. The van der Waals surface area contributed by atoms with E-state index >= 15 is 0 Å². The average Bonchev–Trinajstić information content (AvgIpc) is 2.75. The number of hydrogen-bond acceptors (Lipinski definition) is 6. The largest absolute Gasteiger partial charge is 0.507 e. The van der Waals surface area contributed by atoms with Gasteiger partial charge in [0.1, 0.15) is 23.0 Å². The number of phenols is 1. The van der Waals surface area contributed by atoms with Crippen LogP contribution >= 0.6 is 0 Å². The highest BCUT2D eigenvalue weighted by Crippen LogP contribution is 2.34. The molecule has 0 atom stereocenters. The first-order chi connectivity index (χ1) is 14.0. The van der Waals surface area contributed by atoms with E-state index in [1.165, 1.54) is 14.2 Å². The first-order valence-corrected chi connectivity index (χ1v) is 8.85. The Morgan fingerprint density at radius 3 is 2.07 bits per heavy atom. The Morgan fingerprint density at radius 2 is 1.52 bits per heavy atom. The van der Waals surface area contributed by atoms with Gasteiger partial charge in [-0.15, -0.1) is 0 Å². The summed E-state index contributed by atoms with van der Waals surface area (Å²) in [4.78, 5) is 12.6. The molecule has 0 aliphatic heterocycles. The van der Waals surface area contributed by atoms with Gasteiger partial charge < -0.3 is 19.3 Å². The molecule has 3 rings (SSSR count). The third-order valence-electron chi connectivity index (χ3n) is 4.51. The maximum Gasteiger partial charge on any atom is 0.275 e. The van der Waals surface area contributed by atoms with Gasteiger partial charge in [0.15, 0.2) is 0 Å². The number of carbonyl (C=O) groups is 1. The molecular weight excluding hydrogens is 372 g/mol. The number of hydrogen-bond donors (Lipinski definition) is 2. The molecule has 0 aliphatic carbocycles. The number of methoxy groups -OCH3 is 3. The van der Waals surface area contributed by atoms with Crippen LogP contribution in [0.5, 0.6) is 23.0 Å². The standard InChI is InChI=1S/C22H22N2O5/c1-13(21-19(28-3)11-16(27-2)12-20(21)29-4)23-24-22(26)17-9-14-7-5-6-8-15(14)10-18(17)25/h5-12,25H,1-4H3,(H,24,26)/b23-13-. The van der Waals surface area contributed by atoms with Gasteiger partial charge in [0.25, 0.3) is 5.91 Å². The third-order valence-corrected chi connectivity index (χ3v) is 4.51. The average molecular weight is 394 g/mol. The lowest BCUT2D eigenvalue weighted by Gasteiger charge is -2.15. The molecule has 0 radical (unpaired) electrons. The second kappa shape index (κ2) is 8.52. The van der Waals surface area contributed by atoms with Crippen LogP contribution in [0.15, 0.2) is 53.6 Å².